The third-order valence-electron chi connectivity index (χ3n) is 2.89. The van der Waals surface area contributed by atoms with Gasteiger partial charge >= 0.3 is 12.0 Å². The van der Waals surface area contributed by atoms with Crippen molar-refractivity contribution in [1.82, 2.24) is 10.2 Å². The van der Waals surface area contributed by atoms with E-state index in [-0.39, 0.29) is 12.6 Å². The van der Waals surface area contributed by atoms with Crippen molar-refractivity contribution in [2.75, 3.05) is 31.6 Å². The van der Waals surface area contributed by atoms with Crippen LogP contribution >= 0.6 is 11.8 Å². The first kappa shape index (κ1) is 18.1. The van der Waals surface area contributed by atoms with Gasteiger partial charge < -0.3 is 15.3 Å². The predicted octanol–water partition coefficient (Wildman–Crippen LogP) is 2.27. The van der Waals surface area contributed by atoms with E-state index < -0.39 is 11.9 Å². The highest BCUT2D eigenvalue weighted by atomic mass is 32.2. The van der Waals surface area contributed by atoms with E-state index in [1.54, 1.807) is 11.8 Å². The Morgan fingerprint density at radius 3 is 2.53 bits per heavy atom. The van der Waals surface area contributed by atoms with Crippen LogP contribution in [0.4, 0.5) is 4.79 Å². The lowest BCUT2D eigenvalue weighted by Crippen LogP contribution is -2.43. The molecule has 0 aliphatic rings. The SMILES string of the molecule is CCN(CC(C)C(=O)O)C(=O)NCCCCCSC. The van der Waals surface area contributed by atoms with E-state index in [0.29, 0.717) is 13.1 Å². The molecular weight excluding hydrogens is 264 g/mol. The van der Waals surface area contributed by atoms with Gasteiger partial charge in [0.05, 0.1) is 5.92 Å². The number of amides is 2. The number of carboxylic acid groups (broad SMARTS) is 1. The smallest absolute Gasteiger partial charge is 0.317 e. The standard InChI is InChI=1S/C13H26N2O3S/c1-4-15(10-11(2)12(16)17)13(18)14-8-6-5-7-9-19-3/h11H,4-10H2,1-3H3,(H,14,18)(H,16,17). The molecule has 0 aromatic carbocycles. The van der Waals surface area contributed by atoms with Crippen LogP contribution in [0.25, 0.3) is 0 Å². The third kappa shape index (κ3) is 8.75. The molecule has 0 saturated carbocycles. The van der Waals surface area contributed by atoms with Crippen LogP contribution in [0.15, 0.2) is 0 Å². The largest absolute Gasteiger partial charge is 0.481 e. The number of hydrogen-bond donors (Lipinski definition) is 2. The summed E-state index contributed by atoms with van der Waals surface area (Å²) in [5.74, 6) is -0.249. The van der Waals surface area contributed by atoms with E-state index in [1.807, 2.05) is 18.7 Å². The first-order chi connectivity index (χ1) is 9.02. The van der Waals surface area contributed by atoms with E-state index in [0.717, 1.165) is 18.6 Å². The van der Waals surface area contributed by atoms with E-state index in [9.17, 15) is 9.59 Å². The quantitative estimate of drug-likeness (QED) is 0.606. The van der Waals surface area contributed by atoms with Crippen LogP contribution < -0.4 is 5.32 Å². The molecule has 0 aromatic heterocycles. The Balaban J connectivity index is 3.85. The Bertz CT molecular complexity index is 275. The van der Waals surface area contributed by atoms with Crippen LogP contribution in [0.5, 0.6) is 0 Å². The van der Waals surface area contributed by atoms with Crippen molar-refractivity contribution in [3.05, 3.63) is 0 Å². The molecule has 0 heterocycles. The summed E-state index contributed by atoms with van der Waals surface area (Å²) >= 11 is 1.83. The van der Waals surface area contributed by atoms with Crippen molar-refractivity contribution in [3.63, 3.8) is 0 Å². The van der Waals surface area contributed by atoms with Crippen molar-refractivity contribution in [2.45, 2.75) is 33.1 Å². The fourth-order valence-electron chi connectivity index (χ4n) is 1.62. The monoisotopic (exact) mass is 290 g/mol. The molecule has 0 radical (unpaired) electrons. The summed E-state index contributed by atoms with van der Waals surface area (Å²) in [5, 5.41) is 11.7. The number of urea groups is 1. The molecule has 5 nitrogen and oxygen atoms in total. The minimum Gasteiger partial charge on any atom is -0.481 e. The molecule has 0 saturated heterocycles. The van der Waals surface area contributed by atoms with Gasteiger partial charge in [0.1, 0.15) is 0 Å². The molecule has 0 aliphatic carbocycles. The summed E-state index contributed by atoms with van der Waals surface area (Å²) in [6.45, 7) is 4.90. The van der Waals surface area contributed by atoms with Crippen molar-refractivity contribution in [1.29, 1.82) is 0 Å². The van der Waals surface area contributed by atoms with Crippen LogP contribution in [0.2, 0.25) is 0 Å². The van der Waals surface area contributed by atoms with Crippen LogP contribution in [0.1, 0.15) is 33.1 Å². The molecule has 6 heteroatoms. The second-order valence-electron chi connectivity index (χ2n) is 4.56. The first-order valence-electron chi connectivity index (χ1n) is 6.77. The Labute approximate surface area is 120 Å². The van der Waals surface area contributed by atoms with Gasteiger partial charge in [0.25, 0.3) is 0 Å². The van der Waals surface area contributed by atoms with E-state index in [4.69, 9.17) is 5.11 Å². The van der Waals surface area contributed by atoms with Gasteiger partial charge in [-0.15, -0.1) is 0 Å². The maximum absolute atomic E-state index is 11.8. The number of unbranched alkanes of at least 4 members (excludes halogenated alkanes) is 2. The summed E-state index contributed by atoms with van der Waals surface area (Å²) in [7, 11) is 0. The van der Waals surface area contributed by atoms with E-state index in [2.05, 4.69) is 11.6 Å². The highest BCUT2D eigenvalue weighted by Gasteiger charge is 2.18. The number of carbonyl (C=O) groups excluding carboxylic acids is 1. The topological polar surface area (TPSA) is 69.6 Å². The lowest BCUT2D eigenvalue weighted by molar-refractivity contribution is -0.141. The third-order valence-corrected chi connectivity index (χ3v) is 3.58. The molecule has 112 valence electrons. The highest BCUT2D eigenvalue weighted by Crippen LogP contribution is 2.03. The zero-order valence-corrected chi connectivity index (χ0v) is 13.0. The number of thioether (sulfide) groups is 1. The number of nitrogens with one attached hydrogen (secondary N) is 1. The highest BCUT2D eigenvalue weighted by molar-refractivity contribution is 7.98. The average molecular weight is 290 g/mol. The Hall–Kier alpha value is -0.910. The van der Waals surface area contributed by atoms with Crippen molar-refractivity contribution in [3.8, 4) is 0 Å². The lowest BCUT2D eigenvalue weighted by Gasteiger charge is -2.23. The second-order valence-corrected chi connectivity index (χ2v) is 5.55. The molecule has 0 bridgehead atoms. The number of nitrogens with zero attached hydrogens (tertiary/aromatic N) is 1. The second kappa shape index (κ2) is 11.0. The van der Waals surface area contributed by atoms with Crippen LogP contribution in [0.3, 0.4) is 0 Å². The summed E-state index contributed by atoms with van der Waals surface area (Å²) in [4.78, 5) is 24.2. The Morgan fingerprint density at radius 1 is 1.32 bits per heavy atom. The van der Waals surface area contributed by atoms with E-state index >= 15 is 0 Å². The van der Waals surface area contributed by atoms with Gasteiger partial charge in [0, 0.05) is 19.6 Å². The lowest BCUT2D eigenvalue weighted by atomic mass is 10.2. The minimum atomic E-state index is -0.872. The fourth-order valence-corrected chi connectivity index (χ4v) is 2.11. The molecule has 2 N–H and O–H groups in total. The van der Waals surface area contributed by atoms with Gasteiger partial charge in [0.15, 0.2) is 0 Å². The van der Waals surface area contributed by atoms with E-state index in [1.165, 1.54) is 6.42 Å². The molecule has 2 amide bonds. The molecular formula is C13H26N2O3S. The number of carbonyl (C=O) groups is 2. The van der Waals surface area contributed by atoms with Crippen molar-refractivity contribution in [2.24, 2.45) is 5.92 Å². The van der Waals surface area contributed by atoms with Gasteiger partial charge in [0.2, 0.25) is 0 Å². The van der Waals surface area contributed by atoms with Crippen LogP contribution in [0, 0.1) is 5.92 Å². The predicted molar refractivity (Wildman–Crippen MR) is 79.7 cm³/mol. The summed E-state index contributed by atoms with van der Waals surface area (Å²) in [6, 6.07) is -0.166. The van der Waals surface area contributed by atoms with Gasteiger partial charge in [-0.25, -0.2) is 4.79 Å². The summed E-state index contributed by atoms with van der Waals surface area (Å²) in [6.07, 6.45) is 5.34. The zero-order valence-electron chi connectivity index (χ0n) is 12.1. The molecule has 1 atom stereocenters. The minimum absolute atomic E-state index is 0.166. The van der Waals surface area contributed by atoms with Crippen LogP contribution in [-0.2, 0) is 4.79 Å². The number of aliphatic carboxylic acids is 1. The molecule has 0 aliphatic heterocycles. The van der Waals surface area contributed by atoms with Crippen LogP contribution in [-0.4, -0.2) is 53.6 Å². The molecule has 0 spiro atoms. The Kier molecular flexibility index (Phi) is 10.4. The van der Waals surface area contributed by atoms with Gasteiger partial charge in [-0.2, -0.15) is 11.8 Å². The average Bonchev–Trinajstić information content (AvgIpc) is 2.39. The normalized spacial score (nSPS) is 11.9. The molecule has 1 unspecified atom stereocenters. The maximum atomic E-state index is 11.8. The Morgan fingerprint density at radius 2 is 2.00 bits per heavy atom. The number of hydrogen-bond acceptors (Lipinski definition) is 3. The van der Waals surface area contributed by atoms with Crippen molar-refractivity contribution < 1.29 is 14.7 Å². The molecule has 0 fully saturated rings. The maximum Gasteiger partial charge on any atom is 0.317 e. The van der Waals surface area contributed by atoms with Gasteiger partial charge in [-0.1, -0.05) is 13.3 Å². The zero-order chi connectivity index (χ0) is 14.7. The number of rotatable bonds is 10. The summed E-state index contributed by atoms with van der Waals surface area (Å²) < 4.78 is 0. The van der Waals surface area contributed by atoms with Gasteiger partial charge in [-0.3, -0.25) is 4.79 Å². The number of carboxylic acids is 1. The molecule has 0 rings (SSSR count). The molecule has 0 aromatic rings. The summed E-state index contributed by atoms with van der Waals surface area (Å²) in [5.41, 5.74) is 0. The van der Waals surface area contributed by atoms with Gasteiger partial charge in [-0.05, 0) is 31.8 Å². The fraction of sp³-hybridized carbons (Fsp3) is 0.846. The first-order valence-corrected chi connectivity index (χ1v) is 8.16. The van der Waals surface area contributed by atoms with Crippen molar-refractivity contribution >= 4 is 23.8 Å². The molecule has 19 heavy (non-hydrogen) atoms.